The van der Waals surface area contributed by atoms with Crippen molar-refractivity contribution >= 4 is 38.3 Å². The van der Waals surface area contributed by atoms with Gasteiger partial charge in [-0.2, -0.15) is 8.78 Å². The predicted molar refractivity (Wildman–Crippen MR) is 96.0 cm³/mol. The summed E-state index contributed by atoms with van der Waals surface area (Å²) in [6, 6.07) is 7.14. The van der Waals surface area contributed by atoms with E-state index in [1.54, 1.807) is 29.6 Å². The molecule has 2 aromatic carbocycles. The van der Waals surface area contributed by atoms with Crippen LogP contribution in [0.4, 0.5) is 22.7 Å². The Labute approximate surface area is 162 Å². The highest BCUT2D eigenvalue weighted by Gasteiger charge is 2.30. The van der Waals surface area contributed by atoms with E-state index in [1.807, 2.05) is 0 Å². The van der Waals surface area contributed by atoms with Crippen LogP contribution in [0.25, 0.3) is 11.3 Å². The fourth-order valence-electron chi connectivity index (χ4n) is 2.23. The van der Waals surface area contributed by atoms with Crippen LogP contribution in [0.1, 0.15) is 10.4 Å². The number of aromatic nitrogens is 1. The Hall–Kier alpha value is -2.46. The monoisotopic (exact) mass is 460 g/mol. The number of benzene rings is 2. The first-order chi connectivity index (χ1) is 12.8. The number of halogens is 5. The normalized spacial score (nSPS) is 10.7. The fourth-order valence-corrected chi connectivity index (χ4v) is 3.21. The second-order valence-corrected chi connectivity index (χ2v) is 6.94. The fraction of sp³-hybridized carbons (Fsp3) is 0.0588. The molecule has 0 aliphatic carbocycles. The second kappa shape index (κ2) is 7.65. The highest BCUT2D eigenvalue weighted by molar-refractivity contribution is 9.10. The minimum Gasteiger partial charge on any atom is -0.491 e. The van der Waals surface area contributed by atoms with Crippen molar-refractivity contribution in [1.82, 2.24) is 4.98 Å². The van der Waals surface area contributed by atoms with Gasteiger partial charge in [-0.1, -0.05) is 28.1 Å². The highest BCUT2D eigenvalue weighted by atomic mass is 79.9. The van der Waals surface area contributed by atoms with Crippen molar-refractivity contribution in [1.29, 1.82) is 0 Å². The molecule has 1 aromatic heterocycles. The van der Waals surface area contributed by atoms with E-state index in [0.29, 0.717) is 5.69 Å². The van der Waals surface area contributed by atoms with Gasteiger partial charge in [0.05, 0.1) is 12.8 Å². The number of rotatable bonds is 4. The largest absolute Gasteiger partial charge is 0.491 e. The summed E-state index contributed by atoms with van der Waals surface area (Å²) in [4.78, 5) is 16.3. The van der Waals surface area contributed by atoms with Gasteiger partial charge in [0, 0.05) is 15.4 Å². The Morgan fingerprint density at radius 3 is 2.22 bits per heavy atom. The van der Waals surface area contributed by atoms with Crippen molar-refractivity contribution in [3.05, 3.63) is 63.0 Å². The van der Waals surface area contributed by atoms with Gasteiger partial charge >= 0.3 is 0 Å². The van der Waals surface area contributed by atoms with E-state index in [9.17, 15) is 22.4 Å². The first kappa shape index (κ1) is 19.3. The van der Waals surface area contributed by atoms with Crippen LogP contribution >= 0.6 is 27.3 Å². The Morgan fingerprint density at radius 1 is 1.07 bits per heavy atom. The van der Waals surface area contributed by atoms with Crippen LogP contribution in [-0.2, 0) is 0 Å². The van der Waals surface area contributed by atoms with Crippen LogP contribution in [0.15, 0.2) is 34.1 Å². The maximum absolute atomic E-state index is 14.0. The Morgan fingerprint density at radius 2 is 1.67 bits per heavy atom. The number of ether oxygens (including phenoxy) is 1. The summed E-state index contributed by atoms with van der Waals surface area (Å²) in [5.74, 6) is -9.91. The zero-order valence-electron chi connectivity index (χ0n) is 13.4. The van der Waals surface area contributed by atoms with E-state index in [-0.39, 0.29) is 5.13 Å². The van der Waals surface area contributed by atoms with E-state index < -0.39 is 40.5 Å². The molecule has 0 saturated carbocycles. The number of thiazole rings is 1. The van der Waals surface area contributed by atoms with Crippen molar-refractivity contribution < 1.29 is 27.1 Å². The van der Waals surface area contributed by atoms with Gasteiger partial charge in [0.1, 0.15) is 5.56 Å². The first-order valence-electron chi connectivity index (χ1n) is 7.26. The Balaban J connectivity index is 1.90. The smallest absolute Gasteiger partial charge is 0.263 e. The predicted octanol–water partition coefficient (Wildman–Crippen LogP) is 5.39. The lowest BCUT2D eigenvalue weighted by Crippen LogP contribution is -2.18. The molecular formula is C17H9BrF4N2O2S. The third-order valence-corrected chi connectivity index (χ3v) is 4.81. The van der Waals surface area contributed by atoms with E-state index >= 15 is 0 Å². The van der Waals surface area contributed by atoms with Gasteiger partial charge in [0.2, 0.25) is 11.6 Å². The van der Waals surface area contributed by atoms with Gasteiger partial charge in [-0.25, -0.2) is 13.8 Å². The Kier molecular flexibility index (Phi) is 5.47. The maximum atomic E-state index is 14.0. The SMILES string of the molecule is COc1c(F)c(F)c(C(=O)Nc2nc(-c3ccc(Br)cc3)cs2)c(F)c1F. The lowest BCUT2D eigenvalue weighted by atomic mass is 10.1. The van der Waals surface area contributed by atoms with Crippen LogP contribution < -0.4 is 10.1 Å². The molecule has 0 spiro atoms. The van der Waals surface area contributed by atoms with Crippen LogP contribution in [0.5, 0.6) is 5.75 Å². The minimum absolute atomic E-state index is 0.00773. The molecule has 0 radical (unpaired) electrons. The van der Waals surface area contributed by atoms with E-state index in [2.05, 4.69) is 31.0 Å². The van der Waals surface area contributed by atoms with Gasteiger partial charge in [0.15, 0.2) is 22.5 Å². The first-order valence-corrected chi connectivity index (χ1v) is 8.93. The maximum Gasteiger partial charge on any atom is 0.263 e. The number of hydrogen-bond donors (Lipinski definition) is 1. The zero-order valence-corrected chi connectivity index (χ0v) is 15.9. The summed E-state index contributed by atoms with van der Waals surface area (Å²) in [7, 11) is 0.847. The molecule has 1 amide bonds. The van der Waals surface area contributed by atoms with Crippen LogP contribution in [0.2, 0.25) is 0 Å². The second-order valence-electron chi connectivity index (χ2n) is 5.16. The number of nitrogens with zero attached hydrogens (tertiary/aromatic N) is 1. The summed E-state index contributed by atoms with van der Waals surface area (Å²) < 4.78 is 60.7. The van der Waals surface area contributed by atoms with Gasteiger partial charge in [-0.05, 0) is 12.1 Å². The quantitative estimate of drug-likeness (QED) is 0.419. The van der Waals surface area contributed by atoms with Gasteiger partial charge in [-0.15, -0.1) is 11.3 Å². The van der Waals surface area contributed by atoms with Gasteiger partial charge in [-0.3, -0.25) is 10.1 Å². The lowest BCUT2D eigenvalue weighted by molar-refractivity contribution is 0.101. The number of carbonyl (C=O) groups is 1. The summed E-state index contributed by atoms with van der Waals surface area (Å²) in [6.45, 7) is 0. The number of anilines is 1. The molecule has 10 heteroatoms. The lowest BCUT2D eigenvalue weighted by Gasteiger charge is -2.10. The van der Waals surface area contributed by atoms with E-state index in [0.717, 1.165) is 28.5 Å². The molecule has 0 fully saturated rings. The molecule has 0 aliphatic heterocycles. The van der Waals surface area contributed by atoms with Crippen molar-refractivity contribution in [2.24, 2.45) is 0 Å². The number of amides is 1. The Bertz CT molecular complexity index is 996. The molecule has 3 aromatic rings. The number of hydrogen-bond acceptors (Lipinski definition) is 4. The molecule has 1 N–H and O–H groups in total. The van der Waals surface area contributed by atoms with E-state index in [1.165, 1.54) is 0 Å². The summed E-state index contributed by atoms with van der Waals surface area (Å²) >= 11 is 4.29. The number of nitrogens with one attached hydrogen (secondary N) is 1. The molecular weight excluding hydrogens is 452 g/mol. The standard InChI is InChI=1S/C17H9BrF4N2O2S/c1-26-15-13(21)11(19)10(12(20)14(15)22)16(25)24-17-23-9(6-27-17)7-2-4-8(18)5-3-7/h2-6H,1H3,(H,23,24,25). The topological polar surface area (TPSA) is 51.2 Å². The van der Waals surface area contributed by atoms with Gasteiger partial charge < -0.3 is 4.74 Å². The van der Waals surface area contributed by atoms with Gasteiger partial charge in [0.25, 0.3) is 5.91 Å². The zero-order chi connectivity index (χ0) is 19.7. The molecule has 0 unspecified atom stereocenters. The molecule has 0 aliphatic rings. The average Bonchev–Trinajstić information content (AvgIpc) is 3.10. The molecule has 4 nitrogen and oxygen atoms in total. The third kappa shape index (κ3) is 3.67. The molecule has 0 saturated heterocycles. The van der Waals surface area contributed by atoms with Crippen molar-refractivity contribution in [3.63, 3.8) is 0 Å². The van der Waals surface area contributed by atoms with Crippen LogP contribution in [0, 0.1) is 23.3 Å². The van der Waals surface area contributed by atoms with Crippen molar-refractivity contribution in [3.8, 4) is 17.0 Å². The summed E-state index contributed by atoms with van der Waals surface area (Å²) in [6.07, 6.45) is 0. The molecule has 27 heavy (non-hydrogen) atoms. The van der Waals surface area contributed by atoms with Crippen LogP contribution in [0.3, 0.4) is 0 Å². The van der Waals surface area contributed by atoms with E-state index in [4.69, 9.17) is 0 Å². The molecule has 1 heterocycles. The molecule has 140 valence electrons. The number of carbonyl (C=O) groups excluding carboxylic acids is 1. The third-order valence-electron chi connectivity index (χ3n) is 3.52. The average molecular weight is 461 g/mol. The van der Waals surface area contributed by atoms with Crippen LogP contribution in [-0.4, -0.2) is 18.0 Å². The summed E-state index contributed by atoms with van der Waals surface area (Å²) in [5.41, 5.74) is -0.143. The summed E-state index contributed by atoms with van der Waals surface area (Å²) in [5, 5.41) is 3.76. The minimum atomic E-state index is -1.85. The molecule has 3 rings (SSSR count). The highest BCUT2D eigenvalue weighted by Crippen LogP contribution is 2.31. The van der Waals surface area contributed by atoms with Crippen molar-refractivity contribution in [2.45, 2.75) is 0 Å². The molecule has 0 atom stereocenters. The molecule has 0 bridgehead atoms. The van der Waals surface area contributed by atoms with Crippen molar-refractivity contribution in [2.75, 3.05) is 12.4 Å². The number of methoxy groups -OCH3 is 1.